The number of hydrogen-bond acceptors (Lipinski definition) is 8. The Hall–Kier alpha value is -4.28. The van der Waals surface area contributed by atoms with Crippen molar-refractivity contribution < 1.29 is 25.4 Å². The summed E-state index contributed by atoms with van der Waals surface area (Å²) < 4.78 is 61.0. The maximum atomic E-state index is 12.7. The highest BCUT2D eigenvalue weighted by atomic mass is 32.2. The second-order valence-corrected chi connectivity index (χ2v) is 10.4. The Bertz CT molecular complexity index is 1450. The van der Waals surface area contributed by atoms with Gasteiger partial charge in [-0.1, -0.05) is 107 Å². The van der Waals surface area contributed by atoms with Crippen molar-refractivity contribution in [2.75, 3.05) is 0 Å². The molecule has 182 valence electrons. The topological polar surface area (TPSA) is 111 Å². The summed E-state index contributed by atoms with van der Waals surface area (Å²) >= 11 is 0. The van der Waals surface area contributed by atoms with E-state index in [-0.39, 0.29) is 21.2 Å². The maximum Gasteiger partial charge on any atom is 0.358 e. The number of hydrogen-bond donors (Lipinski definition) is 0. The van der Waals surface area contributed by atoms with Gasteiger partial charge in [-0.25, -0.2) is 0 Å². The molecule has 10 heteroatoms. The van der Waals surface area contributed by atoms with Crippen LogP contribution in [-0.2, 0) is 28.8 Å². The Balaban J connectivity index is 1.82. The molecule has 8 nitrogen and oxygen atoms in total. The lowest BCUT2D eigenvalue weighted by molar-refractivity contribution is 0.334. The molecule has 0 saturated carbocycles. The van der Waals surface area contributed by atoms with Crippen LogP contribution < -0.4 is 0 Å². The summed E-state index contributed by atoms with van der Waals surface area (Å²) in [7, 11) is -8.53. The van der Waals surface area contributed by atoms with Crippen LogP contribution in [0.25, 0.3) is 0 Å². The van der Waals surface area contributed by atoms with E-state index in [9.17, 15) is 16.8 Å². The van der Waals surface area contributed by atoms with Gasteiger partial charge in [-0.15, -0.1) is 0 Å². The lowest BCUT2D eigenvalue weighted by Gasteiger charge is -2.11. The molecule has 0 aliphatic carbocycles. The first kappa shape index (κ1) is 24.8. The average molecular weight is 521 g/mol. The summed E-state index contributed by atoms with van der Waals surface area (Å²) in [6, 6.07) is 32.0. The van der Waals surface area contributed by atoms with E-state index in [1.165, 1.54) is 24.3 Å². The van der Waals surface area contributed by atoms with Crippen molar-refractivity contribution in [1.82, 2.24) is 0 Å². The summed E-state index contributed by atoms with van der Waals surface area (Å²) in [5.41, 5.74) is 0.738. The van der Waals surface area contributed by atoms with E-state index >= 15 is 0 Å². The number of oxime groups is 2. The lowest BCUT2D eigenvalue weighted by atomic mass is 10.0. The molecule has 0 fully saturated rings. The molecular formula is C26H20N2O6S2. The molecule has 0 bridgehead atoms. The smallest absolute Gasteiger partial charge is 0.264 e. The molecule has 0 atom stereocenters. The first-order valence-corrected chi connectivity index (χ1v) is 13.4. The molecule has 0 unspecified atom stereocenters. The molecule has 4 aromatic carbocycles. The molecule has 0 aliphatic heterocycles. The van der Waals surface area contributed by atoms with Gasteiger partial charge < -0.3 is 0 Å². The highest BCUT2D eigenvalue weighted by Crippen LogP contribution is 2.17. The van der Waals surface area contributed by atoms with Crippen LogP contribution in [0.15, 0.2) is 141 Å². The van der Waals surface area contributed by atoms with E-state index in [0.717, 1.165) is 0 Å². The van der Waals surface area contributed by atoms with Gasteiger partial charge in [0.15, 0.2) is 0 Å². The zero-order valence-corrected chi connectivity index (χ0v) is 20.3. The maximum absolute atomic E-state index is 12.7. The van der Waals surface area contributed by atoms with Crippen LogP contribution >= 0.6 is 0 Å². The van der Waals surface area contributed by atoms with Crippen LogP contribution in [0.1, 0.15) is 11.1 Å². The molecule has 0 aliphatic rings. The van der Waals surface area contributed by atoms with E-state index in [1.54, 1.807) is 97.1 Å². The average Bonchev–Trinajstić information content (AvgIpc) is 2.92. The van der Waals surface area contributed by atoms with Crippen molar-refractivity contribution in [3.05, 3.63) is 132 Å². The summed E-state index contributed by atoms with van der Waals surface area (Å²) in [6.45, 7) is 0. The van der Waals surface area contributed by atoms with Crippen LogP contribution in [0.5, 0.6) is 0 Å². The molecule has 0 heterocycles. The van der Waals surface area contributed by atoms with Crippen LogP contribution in [0.2, 0.25) is 0 Å². The molecule has 4 rings (SSSR count). The quantitative estimate of drug-likeness (QED) is 0.235. The Morgan fingerprint density at radius 2 is 0.722 bits per heavy atom. The van der Waals surface area contributed by atoms with E-state index < -0.39 is 20.2 Å². The molecule has 0 N–H and O–H groups in total. The Morgan fingerprint density at radius 3 is 1.03 bits per heavy atom. The van der Waals surface area contributed by atoms with Gasteiger partial charge in [-0.3, -0.25) is 8.57 Å². The minimum atomic E-state index is -4.27. The monoisotopic (exact) mass is 520 g/mol. The van der Waals surface area contributed by atoms with Gasteiger partial charge >= 0.3 is 20.2 Å². The van der Waals surface area contributed by atoms with Gasteiger partial charge in [0.25, 0.3) is 0 Å². The highest BCUT2D eigenvalue weighted by molar-refractivity contribution is 7.87. The van der Waals surface area contributed by atoms with Gasteiger partial charge in [0.1, 0.15) is 21.2 Å². The highest BCUT2D eigenvalue weighted by Gasteiger charge is 2.22. The standard InChI is InChI=1S/C26H20N2O6S2/c29-35(30,23-17-9-3-10-18-23)33-27-25(21-13-5-1-6-14-21)26(22-15-7-2-8-16-22)28-34-36(31,32)24-19-11-4-12-20-24/h1-20H/b27-25-,28-26-. The third-order valence-corrected chi connectivity index (χ3v) is 7.08. The normalized spacial score (nSPS) is 12.7. The number of rotatable bonds is 9. The van der Waals surface area contributed by atoms with Crippen molar-refractivity contribution in [2.45, 2.75) is 9.79 Å². The fraction of sp³-hybridized carbons (Fsp3) is 0. The summed E-state index contributed by atoms with van der Waals surface area (Å²) in [6.07, 6.45) is 0. The Kier molecular flexibility index (Phi) is 7.57. The molecule has 0 radical (unpaired) electrons. The molecule has 36 heavy (non-hydrogen) atoms. The zero-order chi connectivity index (χ0) is 25.4. The van der Waals surface area contributed by atoms with Crippen molar-refractivity contribution in [3.8, 4) is 0 Å². The van der Waals surface area contributed by atoms with E-state index in [2.05, 4.69) is 10.3 Å². The largest absolute Gasteiger partial charge is 0.358 e. The van der Waals surface area contributed by atoms with E-state index in [0.29, 0.717) is 11.1 Å². The van der Waals surface area contributed by atoms with Crippen molar-refractivity contribution >= 4 is 31.7 Å². The molecule has 0 amide bonds. The molecule has 4 aromatic rings. The van der Waals surface area contributed by atoms with Gasteiger partial charge in [0.05, 0.1) is 0 Å². The third-order valence-electron chi connectivity index (χ3n) is 4.84. The van der Waals surface area contributed by atoms with Crippen LogP contribution in [0, 0.1) is 0 Å². The van der Waals surface area contributed by atoms with Gasteiger partial charge in [0.2, 0.25) is 0 Å². The minimum Gasteiger partial charge on any atom is -0.264 e. The van der Waals surface area contributed by atoms with Crippen LogP contribution in [0.3, 0.4) is 0 Å². The second kappa shape index (κ2) is 11.0. The fourth-order valence-electron chi connectivity index (χ4n) is 3.09. The third kappa shape index (κ3) is 6.04. The number of benzene rings is 4. The van der Waals surface area contributed by atoms with Gasteiger partial charge in [-0.2, -0.15) is 16.8 Å². The van der Waals surface area contributed by atoms with Crippen LogP contribution in [0.4, 0.5) is 0 Å². The van der Waals surface area contributed by atoms with Gasteiger partial charge in [-0.05, 0) is 24.3 Å². The summed E-state index contributed by atoms with van der Waals surface area (Å²) in [5, 5.41) is 7.83. The lowest BCUT2D eigenvalue weighted by Crippen LogP contribution is -2.20. The van der Waals surface area contributed by atoms with Crippen molar-refractivity contribution in [1.29, 1.82) is 0 Å². The van der Waals surface area contributed by atoms with Crippen LogP contribution in [-0.4, -0.2) is 28.3 Å². The fourth-order valence-corrected chi connectivity index (χ4v) is 4.59. The first-order chi connectivity index (χ1) is 17.4. The predicted octanol–water partition coefficient (Wildman–Crippen LogP) is 4.61. The Morgan fingerprint density at radius 1 is 0.444 bits per heavy atom. The van der Waals surface area contributed by atoms with Crippen molar-refractivity contribution in [3.63, 3.8) is 0 Å². The zero-order valence-electron chi connectivity index (χ0n) is 18.7. The van der Waals surface area contributed by atoms with Gasteiger partial charge in [0, 0.05) is 11.1 Å². The second-order valence-electron chi connectivity index (χ2n) is 7.30. The minimum absolute atomic E-state index is 0.0513. The molecular weight excluding hydrogens is 500 g/mol. The first-order valence-electron chi connectivity index (χ1n) is 10.6. The molecule has 0 spiro atoms. The Labute approximate surface area is 209 Å². The number of nitrogens with zero attached hydrogens (tertiary/aromatic N) is 2. The summed E-state index contributed by atoms with van der Waals surface area (Å²) in [5.74, 6) is 0. The van der Waals surface area contributed by atoms with E-state index in [4.69, 9.17) is 8.57 Å². The van der Waals surface area contributed by atoms with E-state index in [1.807, 2.05) is 0 Å². The predicted molar refractivity (Wildman–Crippen MR) is 135 cm³/mol. The summed E-state index contributed by atoms with van der Waals surface area (Å²) in [4.78, 5) is -0.190. The molecule has 0 saturated heterocycles. The van der Waals surface area contributed by atoms with Crippen molar-refractivity contribution in [2.24, 2.45) is 10.3 Å². The molecule has 0 aromatic heterocycles. The SMILES string of the molecule is O=S(=O)(O/N=C(\C(=N/OS(=O)(=O)c1ccccc1)c1ccccc1)c1ccccc1)c1ccccc1.